The van der Waals surface area contributed by atoms with Gasteiger partial charge in [-0.1, -0.05) is 18.2 Å². The van der Waals surface area contributed by atoms with Gasteiger partial charge in [0.2, 0.25) is 0 Å². The van der Waals surface area contributed by atoms with Crippen molar-refractivity contribution >= 4 is 23.6 Å². The molecular weight excluding hydrogens is 427 g/mol. The minimum Gasteiger partial charge on any atom is -0.491 e. The summed E-state index contributed by atoms with van der Waals surface area (Å²) >= 11 is 0. The van der Waals surface area contributed by atoms with E-state index < -0.39 is 23.2 Å². The minimum absolute atomic E-state index is 0.138. The van der Waals surface area contributed by atoms with Crippen molar-refractivity contribution in [1.29, 1.82) is 0 Å². The molecule has 0 aromatic heterocycles. The van der Waals surface area contributed by atoms with Crippen LogP contribution in [0.1, 0.15) is 54.3 Å². The fourth-order valence-corrected chi connectivity index (χ4v) is 4.04. The third-order valence-electron chi connectivity index (χ3n) is 5.71. The molecule has 2 aromatic rings. The molecule has 1 fully saturated rings. The van der Waals surface area contributed by atoms with E-state index in [4.69, 9.17) is 9.47 Å². The van der Waals surface area contributed by atoms with Gasteiger partial charge in [-0.2, -0.15) is 0 Å². The summed E-state index contributed by atoms with van der Waals surface area (Å²) in [6.45, 7) is 6.85. The molecule has 0 atom stereocenters. The molecule has 3 amide bonds. The van der Waals surface area contributed by atoms with Crippen molar-refractivity contribution in [3.8, 4) is 5.75 Å². The topological polar surface area (TPSA) is 76.2 Å². The van der Waals surface area contributed by atoms with Crippen LogP contribution < -0.4 is 9.64 Å². The molecule has 4 rings (SSSR count). The number of anilines is 1. The van der Waals surface area contributed by atoms with E-state index in [1.165, 1.54) is 12.1 Å². The maximum Gasteiger partial charge on any atom is 0.410 e. The molecule has 0 bridgehead atoms. The smallest absolute Gasteiger partial charge is 0.410 e. The van der Waals surface area contributed by atoms with Gasteiger partial charge in [-0.25, -0.2) is 14.1 Å². The lowest BCUT2D eigenvalue weighted by Crippen LogP contribution is -2.42. The maximum atomic E-state index is 14.8. The summed E-state index contributed by atoms with van der Waals surface area (Å²) in [5.74, 6) is -1.57. The fourth-order valence-electron chi connectivity index (χ4n) is 4.04. The van der Waals surface area contributed by atoms with E-state index in [2.05, 4.69) is 0 Å². The molecule has 0 aliphatic carbocycles. The number of halogens is 1. The van der Waals surface area contributed by atoms with E-state index >= 15 is 0 Å². The Morgan fingerprint density at radius 1 is 1.00 bits per heavy atom. The van der Waals surface area contributed by atoms with Crippen LogP contribution in [0, 0.1) is 11.7 Å². The van der Waals surface area contributed by atoms with Crippen molar-refractivity contribution < 1.29 is 28.2 Å². The molecule has 7 nitrogen and oxygen atoms in total. The Labute approximate surface area is 192 Å². The van der Waals surface area contributed by atoms with Gasteiger partial charge in [0.25, 0.3) is 11.8 Å². The average molecular weight is 454 g/mol. The second kappa shape index (κ2) is 8.84. The first-order valence-electron chi connectivity index (χ1n) is 11.0. The number of hydrogen-bond donors (Lipinski definition) is 0. The summed E-state index contributed by atoms with van der Waals surface area (Å²) in [6, 6.07) is 10.7. The monoisotopic (exact) mass is 454 g/mol. The zero-order valence-electron chi connectivity index (χ0n) is 19.0. The number of nitrogens with zero attached hydrogens (tertiary/aromatic N) is 2. The van der Waals surface area contributed by atoms with Crippen LogP contribution in [-0.4, -0.2) is 48.1 Å². The third kappa shape index (κ3) is 4.69. The average Bonchev–Trinajstić information content (AvgIpc) is 3.02. The molecule has 0 unspecified atom stereocenters. The quantitative estimate of drug-likeness (QED) is 0.629. The standard InChI is InChI=1S/C25H27FN2O5/c1-25(2,3)33-24(31)27-13-11-16(12-14-27)15-32-20-10-6-9-19(26)21(20)28-22(29)17-7-4-5-8-18(17)23(28)30/h4-10,16H,11-15H2,1-3H3. The second-order valence-corrected chi connectivity index (χ2v) is 9.30. The van der Waals surface area contributed by atoms with Gasteiger partial charge < -0.3 is 14.4 Å². The van der Waals surface area contributed by atoms with Gasteiger partial charge >= 0.3 is 6.09 Å². The van der Waals surface area contributed by atoms with Gasteiger partial charge in [0.1, 0.15) is 17.0 Å². The highest BCUT2D eigenvalue weighted by atomic mass is 19.1. The predicted molar refractivity (Wildman–Crippen MR) is 120 cm³/mol. The minimum atomic E-state index is -0.707. The van der Waals surface area contributed by atoms with Crippen molar-refractivity contribution in [1.82, 2.24) is 4.90 Å². The lowest BCUT2D eigenvalue weighted by molar-refractivity contribution is 0.0165. The van der Waals surface area contributed by atoms with Crippen molar-refractivity contribution in [3.63, 3.8) is 0 Å². The molecular formula is C25H27FN2O5. The van der Waals surface area contributed by atoms with E-state index in [-0.39, 0.29) is 41.2 Å². The summed E-state index contributed by atoms with van der Waals surface area (Å²) < 4.78 is 26.2. The number of fused-ring (bicyclic) bond motifs is 1. The largest absolute Gasteiger partial charge is 0.491 e. The van der Waals surface area contributed by atoms with Crippen LogP contribution in [0.2, 0.25) is 0 Å². The highest BCUT2D eigenvalue weighted by Crippen LogP contribution is 2.37. The number of carbonyl (C=O) groups is 3. The number of ether oxygens (including phenoxy) is 2. The zero-order chi connectivity index (χ0) is 23.8. The lowest BCUT2D eigenvalue weighted by Gasteiger charge is -2.33. The van der Waals surface area contributed by atoms with Crippen LogP contribution in [0.15, 0.2) is 42.5 Å². The first kappa shape index (κ1) is 22.8. The Bertz CT molecular complexity index is 1050. The summed E-state index contributed by atoms with van der Waals surface area (Å²) in [5.41, 5.74) is -0.234. The Kier molecular flexibility index (Phi) is 6.10. The number of carbonyl (C=O) groups excluding carboxylic acids is 3. The van der Waals surface area contributed by atoms with Gasteiger partial charge in [-0.3, -0.25) is 9.59 Å². The summed E-state index contributed by atoms with van der Waals surface area (Å²) in [6.07, 6.45) is 1.08. The Morgan fingerprint density at radius 2 is 1.61 bits per heavy atom. The molecule has 8 heteroatoms. The molecule has 33 heavy (non-hydrogen) atoms. The molecule has 1 saturated heterocycles. The number of para-hydroxylation sites is 1. The Hall–Kier alpha value is -3.42. The molecule has 174 valence electrons. The number of likely N-dealkylation sites (tertiary alicyclic amines) is 1. The van der Waals surface area contributed by atoms with E-state index in [0.29, 0.717) is 25.9 Å². The van der Waals surface area contributed by atoms with Gasteiger partial charge in [0.05, 0.1) is 17.7 Å². The molecule has 0 radical (unpaired) electrons. The molecule has 2 heterocycles. The van der Waals surface area contributed by atoms with E-state index in [9.17, 15) is 18.8 Å². The second-order valence-electron chi connectivity index (χ2n) is 9.30. The summed E-state index contributed by atoms with van der Waals surface area (Å²) in [5, 5.41) is 0. The first-order chi connectivity index (χ1) is 15.7. The maximum absolute atomic E-state index is 14.8. The van der Waals surface area contributed by atoms with Crippen LogP contribution in [0.5, 0.6) is 5.75 Å². The molecule has 2 aromatic carbocycles. The third-order valence-corrected chi connectivity index (χ3v) is 5.71. The molecule has 0 N–H and O–H groups in total. The van der Waals surface area contributed by atoms with Crippen molar-refractivity contribution in [2.24, 2.45) is 5.92 Å². The number of amides is 3. The zero-order valence-corrected chi connectivity index (χ0v) is 19.0. The van der Waals surface area contributed by atoms with Gasteiger partial charge in [0.15, 0.2) is 5.82 Å². The van der Waals surface area contributed by atoms with Crippen LogP contribution in [0.3, 0.4) is 0 Å². The van der Waals surface area contributed by atoms with Crippen LogP contribution in [-0.2, 0) is 4.74 Å². The van der Waals surface area contributed by atoms with E-state index in [1.54, 1.807) is 35.2 Å². The van der Waals surface area contributed by atoms with E-state index in [1.807, 2.05) is 20.8 Å². The van der Waals surface area contributed by atoms with Gasteiger partial charge in [-0.05, 0) is 63.8 Å². The van der Waals surface area contributed by atoms with Crippen molar-refractivity contribution in [2.45, 2.75) is 39.2 Å². The van der Waals surface area contributed by atoms with Crippen LogP contribution in [0.25, 0.3) is 0 Å². The lowest BCUT2D eigenvalue weighted by atomic mass is 9.98. The molecule has 2 aliphatic rings. The van der Waals surface area contributed by atoms with Crippen LogP contribution >= 0.6 is 0 Å². The molecule has 0 spiro atoms. The SMILES string of the molecule is CC(C)(C)OC(=O)N1CCC(COc2cccc(F)c2N2C(=O)c3ccccc3C2=O)CC1. The number of piperidine rings is 1. The molecule has 0 saturated carbocycles. The fraction of sp³-hybridized carbons (Fsp3) is 0.400. The Morgan fingerprint density at radius 3 is 2.18 bits per heavy atom. The summed E-state index contributed by atoms with van der Waals surface area (Å²) in [4.78, 5) is 40.5. The van der Waals surface area contributed by atoms with Gasteiger partial charge in [-0.15, -0.1) is 0 Å². The Balaban J connectivity index is 1.43. The predicted octanol–water partition coefficient (Wildman–Crippen LogP) is 4.65. The highest BCUT2D eigenvalue weighted by Gasteiger charge is 2.39. The number of imide groups is 1. The highest BCUT2D eigenvalue weighted by molar-refractivity contribution is 6.34. The normalized spacial score (nSPS) is 16.7. The van der Waals surface area contributed by atoms with Crippen molar-refractivity contribution in [3.05, 3.63) is 59.4 Å². The number of benzene rings is 2. The van der Waals surface area contributed by atoms with Crippen LogP contribution in [0.4, 0.5) is 14.9 Å². The van der Waals surface area contributed by atoms with Crippen molar-refractivity contribution in [2.75, 3.05) is 24.6 Å². The van der Waals surface area contributed by atoms with E-state index in [0.717, 1.165) is 4.90 Å². The molecule has 2 aliphatic heterocycles. The first-order valence-corrected chi connectivity index (χ1v) is 11.0. The number of rotatable bonds is 4. The van der Waals surface area contributed by atoms with Gasteiger partial charge in [0, 0.05) is 13.1 Å². The number of hydrogen-bond acceptors (Lipinski definition) is 5. The summed E-state index contributed by atoms with van der Waals surface area (Å²) in [7, 11) is 0.